The molecule has 0 saturated heterocycles. The monoisotopic (exact) mass is 258 g/mol. The summed E-state index contributed by atoms with van der Waals surface area (Å²) in [6, 6.07) is 6.10. The molecule has 2 bridgehead atoms. The predicted molar refractivity (Wildman–Crippen MR) is 71.8 cm³/mol. The van der Waals surface area contributed by atoms with Crippen LogP contribution in [0.25, 0.3) is 0 Å². The zero-order chi connectivity index (χ0) is 12.3. The van der Waals surface area contributed by atoms with Gasteiger partial charge in [0.05, 0.1) is 5.41 Å². The van der Waals surface area contributed by atoms with Crippen LogP contribution in [0, 0.1) is 11.8 Å². The molecule has 1 aromatic rings. The number of ketones is 1. The van der Waals surface area contributed by atoms with Gasteiger partial charge in [0.15, 0.2) is 0 Å². The maximum Gasteiger partial charge on any atom is 0.144 e. The molecule has 92 valence electrons. The third-order valence-corrected chi connectivity index (χ3v) is 5.29. The van der Waals surface area contributed by atoms with Crippen LogP contribution >= 0.6 is 11.6 Å². The van der Waals surface area contributed by atoms with Crippen LogP contribution in [0.3, 0.4) is 0 Å². The van der Waals surface area contributed by atoms with Gasteiger partial charge in [-0.25, -0.2) is 0 Å². The van der Waals surface area contributed by atoms with Gasteiger partial charge in [-0.2, -0.15) is 0 Å². The van der Waals surface area contributed by atoms with Crippen molar-refractivity contribution < 1.29 is 4.79 Å². The molecule has 1 fully saturated rings. The van der Waals surface area contributed by atoms with Gasteiger partial charge < -0.3 is 0 Å². The standard InChI is InChI=1S/C16H15ClO/c17-13-4-5-14-11(8-13)2-6-15(18)16(14)9-10-1-3-12(16)7-10/h1,3-5,8,10,12H,2,6-7,9H2. The summed E-state index contributed by atoms with van der Waals surface area (Å²) in [4.78, 5) is 12.6. The minimum atomic E-state index is -0.211. The molecular formula is C16H15ClO. The van der Waals surface area contributed by atoms with Crippen molar-refractivity contribution in [3.63, 3.8) is 0 Å². The maximum atomic E-state index is 12.6. The molecule has 0 radical (unpaired) electrons. The zero-order valence-corrected chi connectivity index (χ0v) is 10.9. The number of Topliss-reactive ketones (excluding diaryl/α,β-unsaturated/α-hetero) is 1. The quantitative estimate of drug-likeness (QED) is 0.649. The topological polar surface area (TPSA) is 17.1 Å². The molecular weight excluding hydrogens is 244 g/mol. The van der Waals surface area contributed by atoms with Crippen molar-refractivity contribution in [3.8, 4) is 0 Å². The molecule has 18 heavy (non-hydrogen) atoms. The fourth-order valence-electron chi connectivity index (χ4n) is 4.31. The molecule has 0 N–H and O–H groups in total. The summed E-state index contributed by atoms with van der Waals surface area (Å²) in [6.45, 7) is 0. The SMILES string of the molecule is O=C1CCc2cc(Cl)ccc2C12CC1C=CC2C1. The molecule has 2 heteroatoms. The zero-order valence-electron chi connectivity index (χ0n) is 10.2. The molecule has 3 atom stereocenters. The number of fused-ring (bicyclic) bond motifs is 5. The number of hydrogen-bond acceptors (Lipinski definition) is 1. The number of carbonyl (C=O) groups excluding carboxylic acids is 1. The van der Waals surface area contributed by atoms with Gasteiger partial charge in [0.2, 0.25) is 0 Å². The predicted octanol–water partition coefficient (Wildman–Crippen LogP) is 3.69. The Morgan fingerprint density at radius 2 is 2.11 bits per heavy atom. The molecule has 4 rings (SSSR count). The van der Waals surface area contributed by atoms with E-state index in [-0.39, 0.29) is 5.41 Å². The number of rotatable bonds is 0. The van der Waals surface area contributed by atoms with E-state index in [0.29, 0.717) is 24.0 Å². The molecule has 3 unspecified atom stereocenters. The Labute approximate surface area is 112 Å². The molecule has 0 aromatic heterocycles. The summed E-state index contributed by atoms with van der Waals surface area (Å²) in [6.07, 6.45) is 8.29. The number of carbonyl (C=O) groups is 1. The first-order valence-corrected chi connectivity index (χ1v) is 7.08. The summed E-state index contributed by atoms with van der Waals surface area (Å²) in [5.74, 6) is 1.49. The second kappa shape index (κ2) is 3.48. The van der Waals surface area contributed by atoms with Gasteiger partial charge in [-0.3, -0.25) is 4.79 Å². The number of aryl methyl sites for hydroxylation is 1. The first kappa shape index (κ1) is 10.8. The van der Waals surface area contributed by atoms with Crippen LogP contribution in [0.1, 0.15) is 30.4 Å². The number of halogens is 1. The normalized spacial score (nSPS) is 36.4. The van der Waals surface area contributed by atoms with E-state index in [1.807, 2.05) is 6.07 Å². The molecule has 3 aliphatic carbocycles. The van der Waals surface area contributed by atoms with E-state index in [1.165, 1.54) is 11.1 Å². The lowest BCUT2D eigenvalue weighted by molar-refractivity contribution is -0.126. The average molecular weight is 259 g/mol. The second-order valence-electron chi connectivity index (χ2n) is 5.89. The molecule has 0 heterocycles. The van der Waals surface area contributed by atoms with E-state index in [2.05, 4.69) is 24.3 Å². The highest BCUT2D eigenvalue weighted by Gasteiger charge is 2.55. The Hall–Kier alpha value is -1.08. The van der Waals surface area contributed by atoms with E-state index in [1.54, 1.807) is 0 Å². The molecule has 0 aliphatic heterocycles. The highest BCUT2D eigenvalue weighted by atomic mass is 35.5. The third-order valence-electron chi connectivity index (χ3n) is 5.06. The Bertz CT molecular complexity index is 574. The van der Waals surface area contributed by atoms with E-state index in [0.717, 1.165) is 24.3 Å². The van der Waals surface area contributed by atoms with Crippen LogP contribution in [0.4, 0.5) is 0 Å². The Morgan fingerprint density at radius 3 is 2.83 bits per heavy atom. The highest BCUT2D eigenvalue weighted by Crippen LogP contribution is 2.56. The van der Waals surface area contributed by atoms with Crippen molar-refractivity contribution in [2.75, 3.05) is 0 Å². The Kier molecular flexibility index (Phi) is 2.09. The summed E-state index contributed by atoms with van der Waals surface area (Å²) >= 11 is 6.09. The van der Waals surface area contributed by atoms with Crippen molar-refractivity contribution in [2.24, 2.45) is 11.8 Å². The van der Waals surface area contributed by atoms with E-state index >= 15 is 0 Å². The minimum Gasteiger partial charge on any atom is -0.299 e. The molecule has 1 spiro atoms. The van der Waals surface area contributed by atoms with E-state index in [9.17, 15) is 4.79 Å². The largest absolute Gasteiger partial charge is 0.299 e. The Balaban J connectivity index is 1.94. The first-order valence-electron chi connectivity index (χ1n) is 6.71. The van der Waals surface area contributed by atoms with Gasteiger partial charge in [0, 0.05) is 11.4 Å². The van der Waals surface area contributed by atoms with Gasteiger partial charge in [-0.05, 0) is 54.4 Å². The van der Waals surface area contributed by atoms with Gasteiger partial charge in [-0.15, -0.1) is 0 Å². The number of hydrogen-bond donors (Lipinski definition) is 0. The minimum absolute atomic E-state index is 0.211. The number of benzene rings is 1. The molecule has 1 aromatic carbocycles. The summed E-state index contributed by atoms with van der Waals surface area (Å²) in [7, 11) is 0. The van der Waals surface area contributed by atoms with Crippen molar-refractivity contribution in [3.05, 3.63) is 46.5 Å². The maximum absolute atomic E-state index is 12.6. The number of allylic oxidation sites excluding steroid dienone is 2. The van der Waals surface area contributed by atoms with Crippen molar-refractivity contribution in [1.29, 1.82) is 0 Å². The smallest absolute Gasteiger partial charge is 0.144 e. The Morgan fingerprint density at radius 1 is 1.22 bits per heavy atom. The van der Waals surface area contributed by atoms with E-state index < -0.39 is 0 Å². The van der Waals surface area contributed by atoms with Gasteiger partial charge >= 0.3 is 0 Å². The lowest BCUT2D eigenvalue weighted by atomic mass is 9.62. The average Bonchev–Trinajstić information content (AvgIpc) is 2.95. The first-order chi connectivity index (χ1) is 8.70. The lowest BCUT2D eigenvalue weighted by Gasteiger charge is -2.39. The lowest BCUT2D eigenvalue weighted by Crippen LogP contribution is -2.43. The highest BCUT2D eigenvalue weighted by molar-refractivity contribution is 6.30. The van der Waals surface area contributed by atoms with Gasteiger partial charge in [0.25, 0.3) is 0 Å². The van der Waals surface area contributed by atoms with Crippen molar-refractivity contribution >= 4 is 17.4 Å². The summed E-state index contributed by atoms with van der Waals surface area (Å²) in [5.41, 5.74) is 2.35. The molecule has 0 amide bonds. The van der Waals surface area contributed by atoms with Crippen LogP contribution in [-0.2, 0) is 16.6 Å². The third kappa shape index (κ3) is 1.21. The fourth-order valence-corrected chi connectivity index (χ4v) is 4.51. The molecule has 1 nitrogen and oxygen atoms in total. The second-order valence-corrected chi connectivity index (χ2v) is 6.32. The van der Waals surface area contributed by atoms with E-state index in [4.69, 9.17) is 11.6 Å². The van der Waals surface area contributed by atoms with Crippen molar-refractivity contribution in [2.45, 2.75) is 31.1 Å². The summed E-state index contributed by atoms with van der Waals surface area (Å²) < 4.78 is 0. The van der Waals surface area contributed by atoms with Crippen LogP contribution < -0.4 is 0 Å². The van der Waals surface area contributed by atoms with Gasteiger partial charge in [0.1, 0.15) is 5.78 Å². The molecule has 1 saturated carbocycles. The molecule has 3 aliphatic rings. The van der Waals surface area contributed by atoms with Gasteiger partial charge in [-0.1, -0.05) is 29.8 Å². The fraction of sp³-hybridized carbons (Fsp3) is 0.438. The van der Waals surface area contributed by atoms with Crippen LogP contribution in [-0.4, -0.2) is 5.78 Å². The summed E-state index contributed by atoms with van der Waals surface area (Å²) in [5, 5.41) is 0.789. The van der Waals surface area contributed by atoms with Crippen LogP contribution in [0.5, 0.6) is 0 Å². The van der Waals surface area contributed by atoms with Crippen LogP contribution in [0.15, 0.2) is 30.4 Å². The van der Waals surface area contributed by atoms with Crippen molar-refractivity contribution in [1.82, 2.24) is 0 Å². The van der Waals surface area contributed by atoms with Crippen LogP contribution in [0.2, 0.25) is 5.02 Å².